The van der Waals surface area contributed by atoms with Gasteiger partial charge in [-0.1, -0.05) is 24.6 Å². The third-order valence-corrected chi connectivity index (χ3v) is 18.7. The first-order valence-corrected chi connectivity index (χ1v) is 39.5. The predicted molar refractivity (Wildman–Crippen MR) is 429 cm³/mol. The zero-order valence-electron chi connectivity index (χ0n) is 67.8. The van der Waals surface area contributed by atoms with Gasteiger partial charge < -0.3 is 160 Å². The van der Waals surface area contributed by atoms with Crippen LogP contribution in [0, 0.1) is 5.41 Å². The van der Waals surface area contributed by atoms with E-state index in [2.05, 4.69) is 52.8 Å². The minimum absolute atomic E-state index is 0.0291. The zero-order valence-corrected chi connectivity index (χ0v) is 67.8. The van der Waals surface area contributed by atoms with Crippen LogP contribution in [0.5, 0.6) is 0 Å². The van der Waals surface area contributed by atoms with Gasteiger partial charge >= 0.3 is 29.8 Å². The summed E-state index contributed by atoms with van der Waals surface area (Å²) < 4.78 is 0. The minimum Gasteiger partial charge on any atom is -0.481 e. The molecular weight excluding hydrogens is 1620 g/mol. The van der Waals surface area contributed by atoms with Gasteiger partial charge in [0.05, 0.1) is 44.3 Å². The fourth-order valence-corrected chi connectivity index (χ4v) is 12.0. The molecule has 0 saturated heterocycles. The number of carboxylic acid groups (broad SMARTS) is 5. The lowest BCUT2D eigenvalue weighted by atomic mass is 10.0. The molecular formula is C73H120N22O27. The number of hydrogen-bond donors (Lipinski definition) is 31. The Balaban J connectivity index is 2.53. The van der Waals surface area contributed by atoms with Gasteiger partial charge in [0.15, 0.2) is 5.96 Å². The third-order valence-electron chi connectivity index (χ3n) is 18.7. The van der Waals surface area contributed by atoms with Crippen molar-refractivity contribution in [3.63, 3.8) is 0 Å². The Morgan fingerprint density at radius 2 is 0.689 bits per heavy atom. The highest BCUT2D eigenvalue weighted by molar-refractivity contribution is 6.02. The molecule has 0 aliphatic heterocycles. The maximum atomic E-state index is 14.9. The maximum Gasteiger partial charge on any atom is 0.326 e. The quantitative estimate of drug-likeness (QED) is 0.0166. The summed E-state index contributed by atoms with van der Waals surface area (Å²) in [7, 11) is 0. The van der Waals surface area contributed by atoms with E-state index in [-0.39, 0.29) is 96.5 Å². The number of para-hydroxylation sites is 1. The molecule has 1 heterocycles. The normalized spacial score (nSPS) is 15.1. The monoisotopic (exact) mass is 1740 g/mol. The molecule has 49 heteroatoms. The number of benzene rings is 1. The van der Waals surface area contributed by atoms with Crippen LogP contribution in [0.2, 0.25) is 0 Å². The molecule has 2 aromatic rings. The van der Waals surface area contributed by atoms with Crippen LogP contribution in [-0.4, -0.2) is 306 Å². The molecule has 0 saturated carbocycles. The van der Waals surface area contributed by atoms with Gasteiger partial charge in [0.2, 0.25) is 76.8 Å². The van der Waals surface area contributed by atoms with Gasteiger partial charge in [-0.05, 0) is 148 Å². The Bertz CT molecular complexity index is 3850. The average Bonchev–Trinajstić information content (AvgIpc) is 1.68. The molecule has 122 heavy (non-hydrogen) atoms. The van der Waals surface area contributed by atoms with Crippen LogP contribution in [0.4, 0.5) is 0 Å². The summed E-state index contributed by atoms with van der Waals surface area (Å²) in [5.74, 6) is -24.9. The summed E-state index contributed by atoms with van der Waals surface area (Å²) >= 11 is 0. The number of rotatable bonds is 63. The first-order chi connectivity index (χ1) is 57.7. The van der Waals surface area contributed by atoms with Crippen molar-refractivity contribution in [2.24, 2.45) is 34.4 Å². The number of amides is 13. The highest BCUT2D eigenvalue weighted by atomic mass is 16.4. The van der Waals surface area contributed by atoms with Gasteiger partial charge in [-0.25, -0.2) is 4.79 Å². The van der Waals surface area contributed by atoms with Crippen molar-refractivity contribution in [1.29, 1.82) is 5.41 Å². The number of guanidine groups is 1. The number of aromatic nitrogens is 1. The van der Waals surface area contributed by atoms with Gasteiger partial charge in [-0.3, -0.25) is 86.9 Å². The molecule has 2 rings (SSSR count). The number of carbonyl (C=O) groups is 18. The third kappa shape index (κ3) is 39.6. The molecule has 49 nitrogen and oxygen atoms in total. The lowest BCUT2D eigenvalue weighted by molar-refractivity contribution is -0.143. The van der Waals surface area contributed by atoms with E-state index >= 15 is 0 Å². The topological polar surface area (TPSA) is 854 Å². The fraction of sp³-hybridized carbons (Fsp3) is 0.630. The minimum atomic E-state index is -2.32. The molecule has 0 unspecified atom stereocenters. The van der Waals surface area contributed by atoms with Crippen molar-refractivity contribution in [3.8, 4) is 0 Å². The van der Waals surface area contributed by atoms with Crippen molar-refractivity contribution in [2.45, 2.75) is 245 Å². The number of aliphatic hydroxyl groups is 4. The van der Waals surface area contributed by atoms with Crippen LogP contribution in [-0.2, 0) is 92.7 Å². The number of aliphatic carboxylic acids is 5. The van der Waals surface area contributed by atoms with Crippen LogP contribution >= 0.6 is 0 Å². The van der Waals surface area contributed by atoms with E-state index in [1.54, 1.807) is 24.3 Å². The molecule has 1 aromatic heterocycles. The standard InChI is InChI=1S/C73H120N22O27/c1-36(98)57(70(119)91-48(30-38-33-82-41-16-4-3-14-39(38)41)65(114)85-43(18-7-11-27-76)61(110)83-42(17-6-10-26-75)60(109)84-44(19-8-12-28-77)62(111)88-47(72(121)122)20-13-29-81-73(79)80)95-69(118)52(35-97)92-67(116)50(32-56(106)107)90-63(112)45(21-23-53(100)101)87-68(117)51(34-96)93-71(120)58(37(2)99)94-64(113)46(22-24-54(102)103)86-66(115)49(31-55(104)105)89-59(108)40(78)15-5-9-25-74/h3-4,14,16,33,36-37,40,42-52,57-58,82,96-99H,5-13,15,17-32,34-35,74-78H2,1-2H3,(H,83,110)(H,84,109)(H,85,114)(H,86,115)(H,87,117)(H,88,111)(H,89,108)(H,90,112)(H,91,119)(H,92,116)(H,93,120)(H,94,113)(H,95,118)(H,100,101)(H,102,103)(H,104,105)(H,106,107)(H,121,122)(H4,79,80,81)/t36-,37-,40+,42+,43+,44+,45+,46+,47+,48+,49+,50+,51+,52+,57+,58+/m1/s1. The zero-order chi connectivity index (χ0) is 91.9. The van der Waals surface area contributed by atoms with Crippen molar-refractivity contribution in [2.75, 3.05) is 45.9 Å². The Morgan fingerprint density at radius 3 is 1.07 bits per heavy atom. The highest BCUT2D eigenvalue weighted by Gasteiger charge is 2.40. The lowest BCUT2D eigenvalue weighted by Crippen LogP contribution is -2.63. The summed E-state index contributed by atoms with van der Waals surface area (Å²) in [4.78, 5) is 245. The molecule has 0 aliphatic rings. The van der Waals surface area contributed by atoms with E-state index < -0.39 is 262 Å². The lowest BCUT2D eigenvalue weighted by Gasteiger charge is -2.29. The van der Waals surface area contributed by atoms with Gasteiger partial charge in [-0.2, -0.15) is 0 Å². The van der Waals surface area contributed by atoms with E-state index in [0.717, 1.165) is 13.8 Å². The smallest absolute Gasteiger partial charge is 0.326 e. The van der Waals surface area contributed by atoms with Crippen LogP contribution in [0.1, 0.15) is 148 Å². The summed E-state index contributed by atoms with van der Waals surface area (Å²) in [6, 6.07) is -19.1. The van der Waals surface area contributed by atoms with Crippen molar-refractivity contribution >= 4 is 124 Å². The van der Waals surface area contributed by atoms with Crippen LogP contribution in [0.15, 0.2) is 30.5 Å². The summed E-state index contributed by atoms with van der Waals surface area (Å²) in [5.41, 5.74) is 35.0. The van der Waals surface area contributed by atoms with E-state index in [9.17, 15) is 132 Å². The highest BCUT2D eigenvalue weighted by Crippen LogP contribution is 2.21. The Labute approximate surface area is 700 Å². The molecule has 1 aromatic carbocycles. The second-order valence-electron chi connectivity index (χ2n) is 28.7. The first kappa shape index (κ1) is 106. The summed E-state index contributed by atoms with van der Waals surface area (Å²) in [6.45, 7) is -0.0241. The second kappa shape index (κ2) is 56.6. The van der Waals surface area contributed by atoms with Crippen LogP contribution in [0.3, 0.4) is 0 Å². The molecule has 0 fully saturated rings. The molecule has 37 N–H and O–H groups in total. The van der Waals surface area contributed by atoms with E-state index in [0.29, 0.717) is 48.6 Å². The fourth-order valence-electron chi connectivity index (χ4n) is 12.0. The van der Waals surface area contributed by atoms with Gasteiger partial charge in [-0.15, -0.1) is 0 Å². The van der Waals surface area contributed by atoms with Crippen molar-refractivity contribution < 1.29 is 132 Å². The van der Waals surface area contributed by atoms with Gasteiger partial charge in [0.25, 0.3) is 0 Å². The Kier molecular flexibility index (Phi) is 49.3. The average molecular weight is 1740 g/mol. The van der Waals surface area contributed by atoms with E-state index in [1.807, 2.05) is 26.6 Å². The molecule has 16 atom stereocenters. The Hall–Kier alpha value is -11.9. The molecule has 0 aliphatic carbocycles. The van der Waals surface area contributed by atoms with Crippen molar-refractivity contribution in [1.82, 2.24) is 79.4 Å². The largest absolute Gasteiger partial charge is 0.481 e. The number of nitrogens with two attached hydrogens (primary N) is 6. The summed E-state index contributed by atoms with van der Waals surface area (Å²) in [5, 5.41) is 131. The number of fused-ring (bicyclic) bond motifs is 1. The number of nitrogens with one attached hydrogen (secondary N) is 16. The molecule has 0 spiro atoms. The number of aromatic amines is 1. The predicted octanol–water partition coefficient (Wildman–Crippen LogP) is -10.4. The van der Waals surface area contributed by atoms with E-state index in [1.165, 1.54) is 6.20 Å². The Morgan fingerprint density at radius 1 is 0.377 bits per heavy atom. The van der Waals surface area contributed by atoms with Crippen molar-refractivity contribution in [3.05, 3.63) is 36.0 Å². The number of carboxylic acids is 5. The summed E-state index contributed by atoms with van der Waals surface area (Å²) in [6.07, 6.45) is -6.31. The number of H-pyrrole nitrogens is 1. The number of aliphatic hydroxyl groups excluding tert-OH is 4. The van der Waals surface area contributed by atoms with Gasteiger partial charge in [0, 0.05) is 42.9 Å². The van der Waals surface area contributed by atoms with Gasteiger partial charge in [0.1, 0.15) is 78.5 Å². The second-order valence-corrected chi connectivity index (χ2v) is 28.7. The molecule has 0 radical (unpaired) electrons. The van der Waals surface area contributed by atoms with Crippen LogP contribution < -0.4 is 109 Å². The van der Waals surface area contributed by atoms with Crippen LogP contribution in [0.25, 0.3) is 10.9 Å². The van der Waals surface area contributed by atoms with E-state index in [4.69, 9.17) is 39.8 Å². The molecule has 13 amide bonds. The molecule has 0 bridgehead atoms. The number of unbranched alkanes of at least 4 members (excludes halogenated alkanes) is 4. The first-order valence-electron chi connectivity index (χ1n) is 39.5. The molecule has 684 valence electrons. The number of hydrogen-bond acceptors (Lipinski definition) is 28. The number of carbonyl (C=O) groups excluding carboxylic acids is 13. The SMILES string of the molecule is C[C@@H](O)[C@H](NC(=O)[C@H](CO)NC(=O)[C@H](CC(=O)O)NC(=O)[C@H](CCC(=O)O)NC(=O)[C@H](CO)NC(=O)[C@@H](NC(=O)[C@H](CCC(=O)O)NC(=O)[C@H](CC(=O)O)NC(=O)[C@@H](N)CCCCN)[C@@H](C)O)C(=O)N[C@@H](Cc1c[nH]c2ccccc12)C(=O)N[C@@H](CCCCN)C(=O)N[C@@H](CCCCN)C(=O)N[C@@H](CCCCN)C(=O)N[C@@H](CCCNC(=N)N)C(=O)O. The maximum absolute atomic E-state index is 14.9.